The van der Waals surface area contributed by atoms with Crippen LogP contribution in [0.25, 0.3) is 0 Å². The van der Waals surface area contributed by atoms with Crippen molar-refractivity contribution in [1.29, 1.82) is 0 Å². The summed E-state index contributed by atoms with van der Waals surface area (Å²) >= 11 is 0. The number of ether oxygens (including phenoxy) is 1. The highest BCUT2D eigenvalue weighted by molar-refractivity contribution is 5.78. The molecule has 1 aliphatic heterocycles. The van der Waals surface area contributed by atoms with Crippen LogP contribution in [0, 0.1) is 5.92 Å². The lowest BCUT2D eigenvalue weighted by Crippen LogP contribution is -2.44. The number of carbonyl (C=O) groups excluding carboxylic acids is 1. The van der Waals surface area contributed by atoms with Gasteiger partial charge in [0, 0.05) is 19.7 Å². The summed E-state index contributed by atoms with van der Waals surface area (Å²) in [5.74, 6) is 0.323. The summed E-state index contributed by atoms with van der Waals surface area (Å²) in [6.07, 6.45) is 1.79. The first-order valence-electron chi connectivity index (χ1n) is 8.91. The molecule has 1 saturated heterocycles. The fourth-order valence-electron chi connectivity index (χ4n) is 3.06. The lowest BCUT2D eigenvalue weighted by molar-refractivity contribution is -0.123. The van der Waals surface area contributed by atoms with Gasteiger partial charge >= 0.3 is 0 Å². The molecule has 1 aromatic carbocycles. The van der Waals surface area contributed by atoms with E-state index in [4.69, 9.17) is 4.74 Å². The van der Waals surface area contributed by atoms with Crippen molar-refractivity contribution >= 4 is 5.91 Å². The van der Waals surface area contributed by atoms with Crippen molar-refractivity contribution in [3.8, 4) is 0 Å². The number of nitrogens with zero attached hydrogens (tertiary/aromatic N) is 1. The molecule has 1 amide bonds. The highest BCUT2D eigenvalue weighted by atomic mass is 16.5. The van der Waals surface area contributed by atoms with E-state index in [2.05, 4.69) is 10.2 Å². The van der Waals surface area contributed by atoms with E-state index >= 15 is 0 Å². The zero-order chi connectivity index (χ0) is 17.4. The molecule has 1 heterocycles. The zero-order valence-corrected chi connectivity index (χ0v) is 14.8. The smallest absolute Gasteiger partial charge is 0.234 e. The van der Waals surface area contributed by atoms with Crippen molar-refractivity contribution in [2.45, 2.75) is 45.9 Å². The summed E-state index contributed by atoms with van der Waals surface area (Å²) in [6, 6.07) is 8.13. The Labute approximate surface area is 145 Å². The van der Waals surface area contributed by atoms with Gasteiger partial charge in [0.2, 0.25) is 5.91 Å². The van der Waals surface area contributed by atoms with Gasteiger partial charge in [0.25, 0.3) is 0 Å². The van der Waals surface area contributed by atoms with E-state index in [1.807, 2.05) is 38.1 Å². The van der Waals surface area contributed by atoms with E-state index in [1.54, 1.807) is 0 Å². The maximum atomic E-state index is 12.1. The topological polar surface area (TPSA) is 61.8 Å². The molecule has 0 aromatic heterocycles. The number of nitrogens with one attached hydrogen (secondary N) is 1. The predicted molar refractivity (Wildman–Crippen MR) is 94.5 cm³/mol. The number of likely N-dealkylation sites (tertiary alicyclic amines) is 1. The number of rotatable bonds is 8. The fourth-order valence-corrected chi connectivity index (χ4v) is 3.06. The molecule has 2 N–H and O–H groups in total. The molecule has 24 heavy (non-hydrogen) atoms. The van der Waals surface area contributed by atoms with Crippen molar-refractivity contribution in [2.75, 3.05) is 26.2 Å². The summed E-state index contributed by atoms with van der Waals surface area (Å²) in [6.45, 7) is 7.85. The van der Waals surface area contributed by atoms with Crippen LogP contribution in [-0.4, -0.2) is 48.3 Å². The monoisotopic (exact) mass is 334 g/mol. The third-order valence-electron chi connectivity index (χ3n) is 4.58. The van der Waals surface area contributed by atoms with Gasteiger partial charge in [-0.1, -0.05) is 24.3 Å². The van der Waals surface area contributed by atoms with E-state index in [0.717, 1.165) is 37.1 Å². The predicted octanol–water partition coefficient (Wildman–Crippen LogP) is 1.93. The maximum Gasteiger partial charge on any atom is 0.234 e. The fraction of sp³-hybridized carbons (Fsp3) is 0.632. The Kier molecular flexibility index (Phi) is 7.69. The SMILES string of the molecule is CCOCc1ccc(CNC(=O)CN2CCCC(C(C)O)C2)cc1. The highest BCUT2D eigenvalue weighted by Crippen LogP contribution is 2.19. The molecule has 134 valence electrons. The first kappa shape index (κ1) is 18.9. The lowest BCUT2D eigenvalue weighted by Gasteiger charge is -2.33. The van der Waals surface area contributed by atoms with Crippen LogP contribution >= 0.6 is 0 Å². The maximum absolute atomic E-state index is 12.1. The summed E-state index contributed by atoms with van der Waals surface area (Å²) < 4.78 is 5.37. The number of hydrogen-bond donors (Lipinski definition) is 2. The van der Waals surface area contributed by atoms with Crippen molar-refractivity contribution in [3.05, 3.63) is 35.4 Å². The van der Waals surface area contributed by atoms with Crippen LogP contribution in [0.3, 0.4) is 0 Å². The average Bonchev–Trinajstić information content (AvgIpc) is 2.59. The molecule has 0 spiro atoms. The van der Waals surface area contributed by atoms with Gasteiger partial charge in [-0.3, -0.25) is 9.69 Å². The van der Waals surface area contributed by atoms with Gasteiger partial charge in [-0.25, -0.2) is 0 Å². The minimum absolute atomic E-state index is 0.0413. The normalized spacial score (nSPS) is 19.9. The molecule has 0 aliphatic carbocycles. The van der Waals surface area contributed by atoms with Gasteiger partial charge in [0.1, 0.15) is 0 Å². The van der Waals surface area contributed by atoms with Crippen molar-refractivity contribution in [2.24, 2.45) is 5.92 Å². The summed E-state index contributed by atoms with van der Waals surface area (Å²) in [5, 5.41) is 12.7. The van der Waals surface area contributed by atoms with Crippen LogP contribution in [0.1, 0.15) is 37.8 Å². The van der Waals surface area contributed by atoms with Crippen molar-refractivity contribution in [3.63, 3.8) is 0 Å². The van der Waals surface area contributed by atoms with E-state index in [0.29, 0.717) is 26.3 Å². The molecule has 2 rings (SSSR count). The molecule has 0 bridgehead atoms. The quantitative estimate of drug-likeness (QED) is 0.763. The number of benzene rings is 1. The molecular formula is C19H30N2O3. The second-order valence-electron chi connectivity index (χ2n) is 6.61. The molecular weight excluding hydrogens is 304 g/mol. The molecule has 5 heteroatoms. The van der Waals surface area contributed by atoms with Gasteiger partial charge in [0.15, 0.2) is 0 Å². The number of hydrogen-bond acceptors (Lipinski definition) is 4. The van der Waals surface area contributed by atoms with E-state index in [9.17, 15) is 9.90 Å². The van der Waals surface area contributed by atoms with Crippen LogP contribution in [0.5, 0.6) is 0 Å². The Morgan fingerprint density at radius 1 is 1.38 bits per heavy atom. The Morgan fingerprint density at radius 3 is 2.75 bits per heavy atom. The first-order chi connectivity index (χ1) is 11.6. The minimum atomic E-state index is -0.300. The number of piperidine rings is 1. The van der Waals surface area contributed by atoms with Crippen molar-refractivity contribution in [1.82, 2.24) is 10.2 Å². The second-order valence-corrected chi connectivity index (χ2v) is 6.61. The first-order valence-corrected chi connectivity index (χ1v) is 8.91. The molecule has 0 radical (unpaired) electrons. The van der Waals surface area contributed by atoms with Gasteiger partial charge in [-0.15, -0.1) is 0 Å². The molecule has 2 unspecified atom stereocenters. The lowest BCUT2D eigenvalue weighted by atomic mass is 9.93. The molecule has 1 fully saturated rings. The van der Waals surface area contributed by atoms with Gasteiger partial charge in [-0.2, -0.15) is 0 Å². The molecule has 0 saturated carbocycles. The van der Waals surface area contributed by atoms with Crippen molar-refractivity contribution < 1.29 is 14.6 Å². The Bertz CT molecular complexity index is 502. The Hall–Kier alpha value is -1.43. The number of aliphatic hydroxyl groups is 1. The number of amides is 1. The van der Waals surface area contributed by atoms with Crippen LogP contribution in [0.15, 0.2) is 24.3 Å². The average molecular weight is 334 g/mol. The van der Waals surface area contributed by atoms with Crippen LogP contribution in [-0.2, 0) is 22.7 Å². The van der Waals surface area contributed by atoms with Gasteiger partial charge < -0.3 is 15.2 Å². The largest absolute Gasteiger partial charge is 0.393 e. The Balaban J connectivity index is 1.72. The molecule has 1 aliphatic rings. The third-order valence-corrected chi connectivity index (χ3v) is 4.58. The summed E-state index contributed by atoms with van der Waals surface area (Å²) in [5.41, 5.74) is 2.23. The molecule has 2 atom stereocenters. The van der Waals surface area contributed by atoms with Gasteiger partial charge in [-0.05, 0) is 50.3 Å². The minimum Gasteiger partial charge on any atom is -0.393 e. The summed E-state index contributed by atoms with van der Waals surface area (Å²) in [7, 11) is 0. The molecule has 1 aromatic rings. The number of carbonyl (C=O) groups is 1. The van der Waals surface area contributed by atoms with Crippen LogP contribution < -0.4 is 5.32 Å². The highest BCUT2D eigenvalue weighted by Gasteiger charge is 2.24. The number of aliphatic hydroxyl groups excluding tert-OH is 1. The van der Waals surface area contributed by atoms with Gasteiger partial charge in [0.05, 0.1) is 19.3 Å². The summed E-state index contributed by atoms with van der Waals surface area (Å²) in [4.78, 5) is 14.3. The standard InChI is InChI=1S/C19H30N2O3/c1-3-24-14-17-8-6-16(7-9-17)11-20-19(23)13-21-10-4-5-18(12-21)15(2)22/h6-9,15,18,22H,3-5,10-14H2,1-2H3,(H,20,23). The second kappa shape index (κ2) is 9.77. The Morgan fingerprint density at radius 2 is 2.08 bits per heavy atom. The zero-order valence-electron chi connectivity index (χ0n) is 14.8. The van der Waals surface area contributed by atoms with Crippen LogP contribution in [0.4, 0.5) is 0 Å². The van der Waals surface area contributed by atoms with E-state index in [1.165, 1.54) is 0 Å². The van der Waals surface area contributed by atoms with Crippen LogP contribution in [0.2, 0.25) is 0 Å². The van der Waals surface area contributed by atoms with E-state index in [-0.39, 0.29) is 17.9 Å². The van der Waals surface area contributed by atoms with E-state index < -0.39 is 0 Å². The third kappa shape index (κ3) is 6.23. The molecule has 5 nitrogen and oxygen atoms in total.